The molecule has 2 aliphatic heterocycles. The largest absolute Gasteiger partial charge is 0.353 e. The van der Waals surface area contributed by atoms with Crippen LogP contribution >= 0.6 is 0 Å². The molecule has 1 atom stereocenters. The van der Waals surface area contributed by atoms with Crippen molar-refractivity contribution in [3.8, 4) is 0 Å². The lowest BCUT2D eigenvalue weighted by Gasteiger charge is -2.43. The van der Waals surface area contributed by atoms with E-state index in [1.54, 1.807) is 6.92 Å². The number of ketones is 1. The van der Waals surface area contributed by atoms with Gasteiger partial charge in [0.25, 0.3) is 0 Å². The van der Waals surface area contributed by atoms with Gasteiger partial charge in [0.1, 0.15) is 6.04 Å². The Kier molecular flexibility index (Phi) is 4.74. The van der Waals surface area contributed by atoms with E-state index < -0.39 is 0 Å². The second-order valence-corrected chi connectivity index (χ2v) is 7.12. The van der Waals surface area contributed by atoms with Crippen molar-refractivity contribution >= 4 is 11.7 Å². The Hall–Kier alpha value is -1.72. The number of piperazine rings is 2. The molecule has 1 aromatic carbocycles. The molecule has 0 radical (unpaired) electrons. The molecule has 24 heavy (non-hydrogen) atoms. The van der Waals surface area contributed by atoms with E-state index >= 15 is 0 Å². The number of Topliss-reactive ketones (excluding diaryl/α,β-unsaturated/α-hetero) is 1. The first-order chi connectivity index (χ1) is 11.4. The van der Waals surface area contributed by atoms with Crippen molar-refractivity contribution in [3.05, 3.63) is 33.9 Å². The van der Waals surface area contributed by atoms with E-state index in [1.165, 1.54) is 11.1 Å². The van der Waals surface area contributed by atoms with Gasteiger partial charge in [0.05, 0.1) is 0 Å². The molecule has 1 unspecified atom stereocenters. The lowest BCUT2D eigenvalue weighted by atomic mass is 9.91. The van der Waals surface area contributed by atoms with Gasteiger partial charge in [-0.05, 0) is 49.9 Å². The monoisotopic (exact) mass is 329 g/mol. The third-order valence-electron chi connectivity index (χ3n) is 5.44. The number of amides is 1. The van der Waals surface area contributed by atoms with Crippen molar-refractivity contribution in [1.82, 2.24) is 15.1 Å². The van der Waals surface area contributed by atoms with Gasteiger partial charge in [-0.1, -0.05) is 6.07 Å². The fourth-order valence-corrected chi connectivity index (χ4v) is 4.21. The molecule has 0 saturated carbocycles. The molecule has 3 rings (SSSR count). The van der Waals surface area contributed by atoms with Crippen LogP contribution in [0, 0.1) is 20.8 Å². The van der Waals surface area contributed by atoms with Crippen molar-refractivity contribution in [2.45, 2.75) is 40.3 Å². The lowest BCUT2D eigenvalue weighted by Crippen LogP contribution is -2.63. The molecule has 130 valence electrons. The average molecular weight is 329 g/mol. The van der Waals surface area contributed by atoms with Crippen LogP contribution in [-0.4, -0.2) is 60.3 Å². The predicted molar refractivity (Wildman–Crippen MR) is 94.3 cm³/mol. The molecule has 2 saturated heterocycles. The highest BCUT2D eigenvalue weighted by Crippen LogP contribution is 2.25. The molecule has 1 N–H and O–H groups in total. The maximum Gasteiger partial charge on any atom is 0.238 e. The molecule has 0 bridgehead atoms. The average Bonchev–Trinajstić information content (AvgIpc) is 2.51. The number of rotatable bonds is 3. The van der Waals surface area contributed by atoms with Crippen LogP contribution in [0.1, 0.15) is 39.5 Å². The predicted octanol–water partition coefficient (Wildman–Crippen LogP) is 1.43. The van der Waals surface area contributed by atoms with Crippen molar-refractivity contribution in [2.24, 2.45) is 0 Å². The Morgan fingerprint density at radius 1 is 1.21 bits per heavy atom. The molecule has 0 aromatic heterocycles. The maximum atomic E-state index is 12.1. The molecule has 2 heterocycles. The van der Waals surface area contributed by atoms with Crippen molar-refractivity contribution in [1.29, 1.82) is 0 Å². The Morgan fingerprint density at radius 2 is 1.96 bits per heavy atom. The zero-order chi connectivity index (χ0) is 17.4. The van der Waals surface area contributed by atoms with E-state index in [4.69, 9.17) is 0 Å². The summed E-state index contributed by atoms with van der Waals surface area (Å²) in [5.74, 6) is 0.274. The number of fused-ring (bicyclic) bond motifs is 1. The summed E-state index contributed by atoms with van der Waals surface area (Å²) >= 11 is 0. The Balaban J connectivity index is 1.83. The first-order valence-corrected chi connectivity index (χ1v) is 8.73. The molecule has 5 heteroatoms. The van der Waals surface area contributed by atoms with E-state index in [-0.39, 0.29) is 17.7 Å². The highest BCUT2D eigenvalue weighted by molar-refractivity contribution is 5.97. The summed E-state index contributed by atoms with van der Waals surface area (Å²) in [6.45, 7) is 13.0. The number of hydrogen-bond donors (Lipinski definition) is 1. The zero-order valence-electron chi connectivity index (χ0n) is 15.1. The lowest BCUT2D eigenvalue weighted by molar-refractivity contribution is -0.131. The minimum atomic E-state index is -0.0363. The van der Waals surface area contributed by atoms with Gasteiger partial charge < -0.3 is 5.32 Å². The number of hydrogen-bond acceptors (Lipinski definition) is 4. The minimum Gasteiger partial charge on any atom is -0.353 e. The number of carbonyl (C=O) groups is 2. The van der Waals surface area contributed by atoms with Crippen molar-refractivity contribution in [3.63, 3.8) is 0 Å². The highest BCUT2D eigenvalue weighted by Gasteiger charge is 2.34. The molecule has 1 amide bonds. The molecule has 1 aromatic rings. The second-order valence-electron chi connectivity index (χ2n) is 7.12. The Bertz CT molecular complexity index is 684. The fraction of sp³-hybridized carbons (Fsp3) is 0.579. The van der Waals surface area contributed by atoms with Crippen LogP contribution < -0.4 is 5.32 Å². The van der Waals surface area contributed by atoms with Crippen LogP contribution in [0.4, 0.5) is 0 Å². The summed E-state index contributed by atoms with van der Waals surface area (Å²) < 4.78 is 0. The SMILES string of the molecule is CC(=O)c1c(C)cc(C)c(CN2CCN3CCNC(=O)C3C2)c1C. The summed E-state index contributed by atoms with van der Waals surface area (Å²) in [6, 6.07) is 2.08. The van der Waals surface area contributed by atoms with Gasteiger partial charge in [-0.3, -0.25) is 19.4 Å². The van der Waals surface area contributed by atoms with Crippen LogP contribution in [0.25, 0.3) is 0 Å². The summed E-state index contributed by atoms with van der Waals surface area (Å²) in [6.07, 6.45) is 0. The number of aryl methyl sites for hydroxylation is 2. The fourth-order valence-electron chi connectivity index (χ4n) is 4.21. The van der Waals surface area contributed by atoms with Crippen molar-refractivity contribution in [2.75, 3.05) is 32.7 Å². The van der Waals surface area contributed by atoms with Crippen LogP contribution in [0.5, 0.6) is 0 Å². The van der Waals surface area contributed by atoms with Gasteiger partial charge in [-0.15, -0.1) is 0 Å². The van der Waals surface area contributed by atoms with Gasteiger partial charge >= 0.3 is 0 Å². The van der Waals surface area contributed by atoms with Crippen LogP contribution in [0.2, 0.25) is 0 Å². The van der Waals surface area contributed by atoms with Gasteiger partial charge in [0, 0.05) is 44.8 Å². The van der Waals surface area contributed by atoms with E-state index in [0.717, 1.165) is 56.0 Å². The minimum absolute atomic E-state index is 0.0363. The topological polar surface area (TPSA) is 52.7 Å². The third-order valence-corrected chi connectivity index (χ3v) is 5.44. The second kappa shape index (κ2) is 6.65. The summed E-state index contributed by atoms with van der Waals surface area (Å²) in [5, 5.41) is 2.97. The van der Waals surface area contributed by atoms with Gasteiger partial charge in [0.15, 0.2) is 5.78 Å². The molecular weight excluding hydrogens is 302 g/mol. The van der Waals surface area contributed by atoms with E-state index in [9.17, 15) is 9.59 Å². The standard InChI is InChI=1S/C19H27N3O2/c1-12-9-13(2)18(15(4)23)14(3)16(12)10-21-7-8-22-6-5-20-19(24)17(22)11-21/h9,17H,5-8,10-11H2,1-4H3,(H,20,24). The highest BCUT2D eigenvalue weighted by atomic mass is 16.2. The number of nitrogens with zero attached hydrogens (tertiary/aromatic N) is 2. The van der Waals surface area contributed by atoms with Crippen LogP contribution in [0.15, 0.2) is 6.07 Å². The molecule has 2 fully saturated rings. The normalized spacial score (nSPS) is 22.2. The zero-order valence-corrected chi connectivity index (χ0v) is 15.1. The van der Waals surface area contributed by atoms with Crippen molar-refractivity contribution < 1.29 is 9.59 Å². The summed E-state index contributed by atoms with van der Waals surface area (Å²) in [7, 11) is 0. The van der Waals surface area contributed by atoms with Gasteiger partial charge in [-0.25, -0.2) is 0 Å². The van der Waals surface area contributed by atoms with Crippen LogP contribution in [-0.2, 0) is 11.3 Å². The number of nitrogens with one attached hydrogen (secondary N) is 1. The van der Waals surface area contributed by atoms with Crippen LogP contribution in [0.3, 0.4) is 0 Å². The maximum absolute atomic E-state index is 12.1. The first kappa shape index (κ1) is 17.1. The molecule has 2 aliphatic rings. The molecule has 5 nitrogen and oxygen atoms in total. The van der Waals surface area contributed by atoms with E-state index in [2.05, 4.69) is 35.0 Å². The molecular formula is C19H27N3O2. The van der Waals surface area contributed by atoms with Gasteiger partial charge in [-0.2, -0.15) is 0 Å². The summed E-state index contributed by atoms with van der Waals surface area (Å²) in [4.78, 5) is 28.8. The third kappa shape index (κ3) is 3.10. The quantitative estimate of drug-likeness (QED) is 0.853. The molecule has 0 spiro atoms. The number of carbonyl (C=O) groups excluding carboxylic acids is 2. The number of benzene rings is 1. The van der Waals surface area contributed by atoms with E-state index in [0.29, 0.717) is 0 Å². The summed E-state index contributed by atoms with van der Waals surface area (Å²) in [5.41, 5.74) is 5.46. The smallest absolute Gasteiger partial charge is 0.238 e. The van der Waals surface area contributed by atoms with E-state index in [1.807, 2.05) is 6.92 Å². The Morgan fingerprint density at radius 3 is 2.67 bits per heavy atom. The first-order valence-electron chi connectivity index (χ1n) is 8.73. The Labute approximate surface area is 144 Å². The van der Waals surface area contributed by atoms with Gasteiger partial charge in [0.2, 0.25) is 5.91 Å². The molecule has 0 aliphatic carbocycles.